The topological polar surface area (TPSA) is 130 Å². The van der Waals surface area contributed by atoms with Crippen LogP contribution >= 0.6 is 11.3 Å². The summed E-state index contributed by atoms with van der Waals surface area (Å²) in [6, 6.07) is 19.0. The van der Waals surface area contributed by atoms with E-state index in [1.807, 2.05) is 92.9 Å². The fourth-order valence-corrected chi connectivity index (χ4v) is 6.81. The van der Waals surface area contributed by atoms with Gasteiger partial charge in [-0.25, -0.2) is 9.80 Å². The Kier molecular flexibility index (Phi) is 14.1. The molecule has 0 aliphatic heterocycles. The molecule has 280 valence electrons. The normalized spacial score (nSPS) is 12.9. The minimum Gasteiger partial charge on any atom is -0.460 e. The molecule has 0 fully saturated rings. The summed E-state index contributed by atoms with van der Waals surface area (Å²) in [6.45, 7) is 11.3. The van der Waals surface area contributed by atoms with Gasteiger partial charge in [0.25, 0.3) is 0 Å². The molecule has 1 aromatic heterocycles. The number of hydrazine groups is 1. The first-order valence-electron chi connectivity index (χ1n) is 17.5. The fraction of sp³-hybridized carbons (Fsp3) is 0.436. The van der Waals surface area contributed by atoms with Crippen molar-refractivity contribution in [1.82, 2.24) is 20.7 Å². The molecule has 2 N–H and O–H groups in total. The van der Waals surface area contributed by atoms with Crippen molar-refractivity contribution >= 4 is 61.7 Å². The maximum atomic E-state index is 14.6. The molecule has 4 rings (SSSR count). The number of amides is 4. The van der Waals surface area contributed by atoms with Crippen molar-refractivity contribution in [2.24, 2.45) is 0 Å². The van der Waals surface area contributed by atoms with E-state index in [4.69, 9.17) is 14.2 Å². The third kappa shape index (κ3) is 10.7. The van der Waals surface area contributed by atoms with E-state index in [0.29, 0.717) is 18.9 Å². The molecule has 2 atom stereocenters. The Balaban J connectivity index is 1.56. The number of carbonyl (C=O) groups is 4. The lowest BCUT2D eigenvalue weighted by Gasteiger charge is -2.36. The van der Waals surface area contributed by atoms with Crippen LogP contribution in [0, 0.1) is 0 Å². The number of carbonyl (C=O) groups excluding carboxylic acids is 4. The lowest BCUT2D eigenvalue weighted by Crippen LogP contribution is -2.57. The molecule has 0 aliphatic rings. The Hall–Kier alpha value is -4.56. The van der Waals surface area contributed by atoms with Gasteiger partial charge < -0.3 is 24.4 Å². The molecule has 13 heteroatoms. The van der Waals surface area contributed by atoms with Crippen molar-refractivity contribution in [2.45, 2.75) is 78.5 Å². The van der Waals surface area contributed by atoms with Crippen LogP contribution in [0.2, 0.25) is 0 Å². The summed E-state index contributed by atoms with van der Waals surface area (Å²) in [5.41, 5.74) is 3.51. The van der Waals surface area contributed by atoms with Gasteiger partial charge >= 0.3 is 12.0 Å². The molecule has 0 unspecified atom stereocenters. The number of anilines is 1. The molecule has 0 aliphatic carbocycles. The summed E-state index contributed by atoms with van der Waals surface area (Å²) in [7, 11) is 3.19. The summed E-state index contributed by atoms with van der Waals surface area (Å²) in [4.78, 5) is 57.7. The van der Waals surface area contributed by atoms with Gasteiger partial charge in [-0.05, 0) is 75.4 Å². The third-order valence-electron chi connectivity index (χ3n) is 8.26. The Bertz CT molecular complexity index is 1830. The van der Waals surface area contributed by atoms with Crippen LogP contribution in [0.3, 0.4) is 0 Å². The van der Waals surface area contributed by atoms with E-state index in [1.54, 1.807) is 51.1 Å². The van der Waals surface area contributed by atoms with Crippen LogP contribution in [-0.2, 0) is 35.1 Å². The van der Waals surface area contributed by atoms with Gasteiger partial charge in [-0.1, -0.05) is 54.6 Å². The van der Waals surface area contributed by atoms with Crippen molar-refractivity contribution < 1.29 is 33.4 Å². The highest BCUT2D eigenvalue weighted by atomic mass is 32.1. The van der Waals surface area contributed by atoms with Crippen molar-refractivity contribution in [3.63, 3.8) is 0 Å². The maximum Gasteiger partial charge on any atom is 0.336 e. The number of hydrogen-bond acceptors (Lipinski definition) is 9. The van der Waals surface area contributed by atoms with Gasteiger partial charge in [-0.15, -0.1) is 11.3 Å². The van der Waals surface area contributed by atoms with Gasteiger partial charge in [0, 0.05) is 43.9 Å². The number of nitrogens with zero attached hydrogens (tertiary/aromatic N) is 3. The summed E-state index contributed by atoms with van der Waals surface area (Å²) < 4.78 is 18.5. The van der Waals surface area contributed by atoms with E-state index >= 15 is 0 Å². The number of esters is 1. The van der Waals surface area contributed by atoms with E-state index in [-0.39, 0.29) is 13.1 Å². The van der Waals surface area contributed by atoms with Gasteiger partial charge in [0.05, 0.1) is 24.7 Å². The fourth-order valence-electron chi connectivity index (χ4n) is 5.86. The Morgan fingerprint density at radius 1 is 0.865 bits per heavy atom. The maximum absolute atomic E-state index is 14.6. The highest BCUT2D eigenvalue weighted by molar-refractivity contribution is 7.17. The molecule has 0 radical (unpaired) electrons. The van der Waals surface area contributed by atoms with E-state index < -0.39 is 54.2 Å². The van der Waals surface area contributed by atoms with Crippen molar-refractivity contribution in [1.29, 1.82) is 0 Å². The van der Waals surface area contributed by atoms with E-state index in [9.17, 15) is 19.2 Å². The number of rotatable bonds is 16. The number of ether oxygens (including phenoxy) is 3. The molecule has 0 saturated heterocycles. The van der Waals surface area contributed by atoms with Gasteiger partial charge in [0.2, 0.25) is 11.8 Å². The predicted molar refractivity (Wildman–Crippen MR) is 205 cm³/mol. The molecule has 3 aromatic carbocycles. The first kappa shape index (κ1) is 40.2. The third-order valence-corrected chi connectivity index (χ3v) is 9.27. The van der Waals surface area contributed by atoms with Crippen molar-refractivity contribution in [2.75, 3.05) is 38.8 Å². The van der Waals surface area contributed by atoms with Crippen LogP contribution in [-0.4, -0.2) is 91.6 Å². The molecular formula is C39H51N5O7S. The smallest absolute Gasteiger partial charge is 0.336 e. The zero-order chi connectivity index (χ0) is 38.0. The highest BCUT2D eigenvalue weighted by Crippen LogP contribution is 2.29. The van der Waals surface area contributed by atoms with Crippen molar-refractivity contribution in [3.8, 4) is 0 Å². The number of nitrogens with one attached hydrogen (secondary N) is 2. The van der Waals surface area contributed by atoms with Crippen LogP contribution < -0.4 is 15.6 Å². The van der Waals surface area contributed by atoms with E-state index in [1.165, 1.54) is 9.91 Å². The van der Waals surface area contributed by atoms with Gasteiger partial charge in [0.1, 0.15) is 11.6 Å². The molecule has 1 heterocycles. The van der Waals surface area contributed by atoms with Gasteiger partial charge in [-0.3, -0.25) is 24.7 Å². The monoisotopic (exact) mass is 733 g/mol. The van der Waals surface area contributed by atoms with Gasteiger partial charge in [-0.2, -0.15) is 0 Å². The zero-order valence-corrected chi connectivity index (χ0v) is 32.1. The second kappa shape index (κ2) is 18.3. The molecule has 0 bridgehead atoms. The number of fused-ring (bicyclic) bond motifs is 2. The SMILES string of the molecule is CCOC(OCC)[C@H](C)N(Cc1csc2ccccc12)C(=O)[C@H](CC(=O)OC(C)(C)C)NC(=O)CN(C)NC(=O)N(C)c1cccc2ccccc12. The van der Waals surface area contributed by atoms with Crippen LogP contribution in [0.15, 0.2) is 72.1 Å². The molecule has 4 aromatic rings. The average Bonchev–Trinajstić information content (AvgIpc) is 3.50. The number of benzene rings is 3. The quantitative estimate of drug-likeness (QED) is 0.0806. The second-order valence-electron chi connectivity index (χ2n) is 13.5. The largest absolute Gasteiger partial charge is 0.460 e. The molecule has 0 saturated carbocycles. The van der Waals surface area contributed by atoms with E-state index in [0.717, 1.165) is 26.4 Å². The molecule has 0 spiro atoms. The average molecular weight is 734 g/mol. The minimum absolute atomic E-state index is 0.178. The van der Waals surface area contributed by atoms with Crippen LogP contribution in [0.25, 0.3) is 20.9 Å². The zero-order valence-electron chi connectivity index (χ0n) is 31.3. The molecule has 52 heavy (non-hydrogen) atoms. The Morgan fingerprint density at radius 3 is 2.17 bits per heavy atom. The first-order chi connectivity index (χ1) is 24.7. The summed E-state index contributed by atoms with van der Waals surface area (Å²) in [5, 5.41) is 8.97. The van der Waals surface area contributed by atoms with Gasteiger partial charge in [0.15, 0.2) is 6.29 Å². The lowest BCUT2D eigenvalue weighted by atomic mass is 10.1. The lowest BCUT2D eigenvalue weighted by molar-refractivity contribution is -0.180. The highest BCUT2D eigenvalue weighted by Gasteiger charge is 2.36. The number of urea groups is 1. The Morgan fingerprint density at radius 2 is 1.50 bits per heavy atom. The van der Waals surface area contributed by atoms with Crippen LogP contribution in [0.1, 0.15) is 53.5 Å². The first-order valence-corrected chi connectivity index (χ1v) is 18.3. The number of hydrogen-bond donors (Lipinski definition) is 2. The van der Waals surface area contributed by atoms with Crippen LogP contribution in [0.4, 0.5) is 10.5 Å². The summed E-state index contributed by atoms with van der Waals surface area (Å²) >= 11 is 1.57. The number of likely N-dealkylation sites (N-methyl/N-ethyl adjacent to an activating group) is 1. The van der Waals surface area contributed by atoms with E-state index in [2.05, 4.69) is 10.7 Å². The molecular weight excluding hydrogens is 683 g/mol. The Labute approximate surface area is 309 Å². The summed E-state index contributed by atoms with van der Waals surface area (Å²) in [6.07, 6.45) is -1.18. The molecule has 12 nitrogen and oxygen atoms in total. The van der Waals surface area contributed by atoms with Crippen molar-refractivity contribution in [3.05, 3.63) is 77.7 Å². The number of thiophene rings is 1. The molecule has 4 amide bonds. The summed E-state index contributed by atoms with van der Waals surface area (Å²) in [5.74, 6) is -1.74. The predicted octanol–water partition coefficient (Wildman–Crippen LogP) is 6.08. The second-order valence-corrected chi connectivity index (χ2v) is 14.4. The van der Waals surface area contributed by atoms with Crippen LogP contribution in [0.5, 0.6) is 0 Å². The minimum atomic E-state index is -1.29. The standard InChI is InChI=1S/C39H51N5O7S/c1-9-49-37(50-10-2)26(3)44(23-28-25-52-33-21-14-13-19-30(28)33)36(47)31(22-35(46)51-39(4,5)6)40-34(45)24-42(7)41-38(48)43(8)32-20-15-17-27-16-11-12-18-29(27)32/h11-21,25-26,31,37H,9-10,22-24H2,1-8H3,(H,40,45)(H,41,48)/t26-,31-/m0/s1.